The van der Waals surface area contributed by atoms with Gasteiger partial charge in [0.1, 0.15) is 0 Å². The molecule has 0 amide bonds. The number of benzene rings is 1. The molecule has 3 heteroatoms. The molecule has 1 aromatic rings. The van der Waals surface area contributed by atoms with Crippen molar-refractivity contribution >= 4 is 11.6 Å². The second-order valence-corrected chi connectivity index (χ2v) is 3.92. The van der Waals surface area contributed by atoms with Crippen molar-refractivity contribution in [1.82, 2.24) is 0 Å². The van der Waals surface area contributed by atoms with Crippen molar-refractivity contribution in [2.45, 2.75) is 26.3 Å². The molecule has 0 bridgehead atoms. The fourth-order valence-corrected chi connectivity index (χ4v) is 1.89. The van der Waals surface area contributed by atoms with E-state index in [-0.39, 0.29) is 12.6 Å². The standard InChI is InChI=1S/C11H16ClNO/c1-7-3-4-8(2)11(12)10(7)9(13)5-6-14/h3-4,9,14H,5-6,13H2,1-2H3. The van der Waals surface area contributed by atoms with Crippen molar-refractivity contribution in [1.29, 1.82) is 0 Å². The Morgan fingerprint density at radius 1 is 1.36 bits per heavy atom. The summed E-state index contributed by atoms with van der Waals surface area (Å²) in [6, 6.07) is 3.81. The van der Waals surface area contributed by atoms with Gasteiger partial charge in [-0.05, 0) is 37.0 Å². The number of aliphatic hydroxyl groups is 1. The van der Waals surface area contributed by atoms with E-state index < -0.39 is 0 Å². The summed E-state index contributed by atoms with van der Waals surface area (Å²) >= 11 is 6.17. The van der Waals surface area contributed by atoms with E-state index in [9.17, 15) is 0 Å². The number of aliphatic hydroxyl groups excluding tert-OH is 1. The van der Waals surface area contributed by atoms with Gasteiger partial charge in [0.15, 0.2) is 0 Å². The van der Waals surface area contributed by atoms with E-state index in [0.29, 0.717) is 6.42 Å². The van der Waals surface area contributed by atoms with Crippen molar-refractivity contribution in [3.8, 4) is 0 Å². The van der Waals surface area contributed by atoms with E-state index in [1.807, 2.05) is 26.0 Å². The molecule has 1 unspecified atom stereocenters. The summed E-state index contributed by atoms with van der Waals surface area (Å²) in [6.45, 7) is 4.03. The van der Waals surface area contributed by atoms with Gasteiger partial charge in [-0.1, -0.05) is 23.7 Å². The number of rotatable bonds is 3. The van der Waals surface area contributed by atoms with Crippen LogP contribution >= 0.6 is 11.6 Å². The van der Waals surface area contributed by atoms with Gasteiger partial charge in [0.25, 0.3) is 0 Å². The van der Waals surface area contributed by atoms with Crippen LogP contribution in [0.4, 0.5) is 0 Å². The largest absolute Gasteiger partial charge is 0.396 e. The number of hydrogen-bond acceptors (Lipinski definition) is 2. The lowest BCUT2D eigenvalue weighted by Gasteiger charge is -2.16. The van der Waals surface area contributed by atoms with E-state index >= 15 is 0 Å². The highest BCUT2D eigenvalue weighted by atomic mass is 35.5. The van der Waals surface area contributed by atoms with Crippen LogP contribution in [0, 0.1) is 13.8 Å². The quantitative estimate of drug-likeness (QED) is 0.810. The summed E-state index contributed by atoms with van der Waals surface area (Å²) in [5.41, 5.74) is 9.00. The highest BCUT2D eigenvalue weighted by Gasteiger charge is 2.13. The Kier molecular flexibility index (Phi) is 3.93. The molecule has 0 spiro atoms. The topological polar surface area (TPSA) is 46.2 Å². The van der Waals surface area contributed by atoms with Gasteiger partial charge in [0.2, 0.25) is 0 Å². The van der Waals surface area contributed by atoms with Crippen LogP contribution in [0.25, 0.3) is 0 Å². The monoisotopic (exact) mass is 213 g/mol. The van der Waals surface area contributed by atoms with Crippen LogP contribution in [0.2, 0.25) is 5.02 Å². The molecular formula is C11H16ClNO. The zero-order valence-corrected chi connectivity index (χ0v) is 9.30. The summed E-state index contributed by atoms with van der Waals surface area (Å²) in [5.74, 6) is 0. The van der Waals surface area contributed by atoms with Gasteiger partial charge in [-0.25, -0.2) is 0 Å². The Morgan fingerprint density at radius 3 is 2.50 bits per heavy atom. The smallest absolute Gasteiger partial charge is 0.0485 e. The number of halogens is 1. The normalized spacial score (nSPS) is 12.9. The lowest BCUT2D eigenvalue weighted by molar-refractivity contribution is 0.276. The third-order valence-corrected chi connectivity index (χ3v) is 2.90. The minimum Gasteiger partial charge on any atom is -0.396 e. The summed E-state index contributed by atoms with van der Waals surface area (Å²) in [7, 11) is 0. The predicted molar refractivity (Wildman–Crippen MR) is 59.6 cm³/mol. The number of aryl methyl sites for hydroxylation is 2. The molecule has 1 atom stereocenters. The fourth-order valence-electron chi connectivity index (χ4n) is 1.54. The van der Waals surface area contributed by atoms with E-state index in [4.69, 9.17) is 22.4 Å². The Balaban J connectivity index is 3.11. The van der Waals surface area contributed by atoms with Crippen LogP contribution in [0.3, 0.4) is 0 Å². The molecule has 0 radical (unpaired) electrons. The number of hydrogen-bond donors (Lipinski definition) is 2. The zero-order valence-electron chi connectivity index (χ0n) is 8.55. The maximum atomic E-state index is 8.83. The first kappa shape index (κ1) is 11.5. The third kappa shape index (κ3) is 2.27. The van der Waals surface area contributed by atoms with E-state index in [0.717, 1.165) is 21.7 Å². The van der Waals surface area contributed by atoms with Crippen molar-refractivity contribution in [2.75, 3.05) is 6.61 Å². The lowest BCUT2D eigenvalue weighted by Crippen LogP contribution is -2.14. The first-order valence-corrected chi connectivity index (χ1v) is 5.07. The van der Waals surface area contributed by atoms with Gasteiger partial charge in [-0.15, -0.1) is 0 Å². The SMILES string of the molecule is Cc1ccc(C)c(C(N)CCO)c1Cl. The average Bonchev–Trinajstić information content (AvgIpc) is 2.13. The van der Waals surface area contributed by atoms with Crippen LogP contribution in [0.1, 0.15) is 29.2 Å². The average molecular weight is 214 g/mol. The molecule has 0 saturated carbocycles. The van der Waals surface area contributed by atoms with Gasteiger partial charge in [-0.2, -0.15) is 0 Å². The molecule has 0 heterocycles. The van der Waals surface area contributed by atoms with Crippen molar-refractivity contribution in [3.05, 3.63) is 33.8 Å². The van der Waals surface area contributed by atoms with Crippen LogP contribution in [-0.4, -0.2) is 11.7 Å². The zero-order chi connectivity index (χ0) is 10.7. The molecule has 0 aliphatic rings. The second kappa shape index (κ2) is 4.78. The molecule has 0 saturated heterocycles. The molecule has 1 rings (SSSR count). The Bertz CT molecular complexity index is 325. The molecule has 78 valence electrons. The van der Waals surface area contributed by atoms with Crippen molar-refractivity contribution in [2.24, 2.45) is 5.73 Å². The first-order chi connectivity index (χ1) is 6.57. The molecule has 14 heavy (non-hydrogen) atoms. The minimum absolute atomic E-state index is 0.0882. The van der Waals surface area contributed by atoms with E-state index in [1.165, 1.54) is 0 Å². The van der Waals surface area contributed by atoms with Crippen LogP contribution < -0.4 is 5.73 Å². The van der Waals surface area contributed by atoms with Gasteiger partial charge in [0, 0.05) is 17.7 Å². The summed E-state index contributed by atoms with van der Waals surface area (Å²) in [6.07, 6.45) is 0.546. The van der Waals surface area contributed by atoms with Gasteiger partial charge in [-0.3, -0.25) is 0 Å². The summed E-state index contributed by atoms with van der Waals surface area (Å²) in [5, 5.41) is 9.55. The third-order valence-electron chi connectivity index (χ3n) is 2.40. The van der Waals surface area contributed by atoms with Crippen LogP contribution in [0.5, 0.6) is 0 Å². The molecular weight excluding hydrogens is 198 g/mol. The lowest BCUT2D eigenvalue weighted by atomic mass is 9.97. The second-order valence-electron chi connectivity index (χ2n) is 3.55. The van der Waals surface area contributed by atoms with Crippen molar-refractivity contribution in [3.63, 3.8) is 0 Å². The Labute approximate surface area is 89.7 Å². The van der Waals surface area contributed by atoms with E-state index in [1.54, 1.807) is 0 Å². The van der Waals surface area contributed by atoms with Gasteiger partial charge in [0.05, 0.1) is 0 Å². The van der Waals surface area contributed by atoms with Crippen molar-refractivity contribution < 1.29 is 5.11 Å². The summed E-state index contributed by atoms with van der Waals surface area (Å²) < 4.78 is 0. The van der Waals surface area contributed by atoms with Gasteiger partial charge >= 0.3 is 0 Å². The fraction of sp³-hybridized carbons (Fsp3) is 0.455. The van der Waals surface area contributed by atoms with Gasteiger partial charge < -0.3 is 10.8 Å². The molecule has 0 fully saturated rings. The highest BCUT2D eigenvalue weighted by Crippen LogP contribution is 2.29. The molecule has 2 nitrogen and oxygen atoms in total. The predicted octanol–water partition coefficient (Wildman–Crippen LogP) is 2.34. The maximum absolute atomic E-state index is 8.83. The molecule has 0 aromatic heterocycles. The summed E-state index contributed by atoms with van der Waals surface area (Å²) in [4.78, 5) is 0. The van der Waals surface area contributed by atoms with Crippen LogP contribution in [-0.2, 0) is 0 Å². The minimum atomic E-state index is -0.174. The molecule has 1 aromatic carbocycles. The molecule has 3 N–H and O–H groups in total. The van der Waals surface area contributed by atoms with E-state index in [2.05, 4.69) is 0 Å². The highest BCUT2D eigenvalue weighted by molar-refractivity contribution is 6.32. The number of nitrogens with two attached hydrogens (primary N) is 1. The molecule has 0 aliphatic heterocycles. The Morgan fingerprint density at radius 2 is 1.93 bits per heavy atom. The maximum Gasteiger partial charge on any atom is 0.0485 e. The molecule has 0 aliphatic carbocycles. The Hall–Kier alpha value is -0.570. The first-order valence-electron chi connectivity index (χ1n) is 4.70. The van der Waals surface area contributed by atoms with Crippen LogP contribution in [0.15, 0.2) is 12.1 Å².